The monoisotopic (exact) mass is 463 g/mol. The molecule has 0 radical (unpaired) electrons. The van der Waals surface area contributed by atoms with Crippen molar-refractivity contribution < 1.29 is 14.3 Å². The van der Waals surface area contributed by atoms with Crippen molar-refractivity contribution in [3.05, 3.63) is 48.0 Å². The summed E-state index contributed by atoms with van der Waals surface area (Å²) in [6, 6.07) is 8.06. The Balaban J connectivity index is 1.79. The van der Waals surface area contributed by atoms with Crippen molar-refractivity contribution in [3.8, 4) is 0 Å². The molecule has 0 aromatic carbocycles. The Hall–Kier alpha value is -3.42. The van der Waals surface area contributed by atoms with Gasteiger partial charge in [-0.05, 0) is 43.9 Å². The summed E-state index contributed by atoms with van der Waals surface area (Å²) < 4.78 is 6.98. The molecule has 0 spiro atoms. The predicted octanol–water partition coefficient (Wildman–Crippen LogP) is 4.80. The highest BCUT2D eigenvalue weighted by atomic mass is 16.5. The number of esters is 1. The van der Waals surface area contributed by atoms with Gasteiger partial charge in [-0.25, -0.2) is 9.78 Å². The van der Waals surface area contributed by atoms with Crippen molar-refractivity contribution in [2.45, 2.75) is 65.0 Å². The van der Waals surface area contributed by atoms with E-state index < -0.39 is 5.97 Å². The van der Waals surface area contributed by atoms with E-state index in [2.05, 4.69) is 29.5 Å². The van der Waals surface area contributed by atoms with Crippen LogP contribution in [0.25, 0.3) is 11.0 Å². The molecule has 0 saturated heterocycles. The first-order chi connectivity index (χ1) is 16.5. The lowest BCUT2D eigenvalue weighted by Crippen LogP contribution is -2.29. The smallest absolute Gasteiger partial charge is 0.356 e. The highest BCUT2D eigenvalue weighted by Crippen LogP contribution is 2.35. The maximum atomic E-state index is 13.0. The molecule has 2 N–H and O–H groups in total. The maximum Gasteiger partial charge on any atom is 0.356 e. The van der Waals surface area contributed by atoms with E-state index in [1.165, 1.54) is 7.11 Å². The van der Waals surface area contributed by atoms with Crippen molar-refractivity contribution in [2.75, 3.05) is 17.7 Å². The van der Waals surface area contributed by atoms with E-state index in [1.54, 1.807) is 12.4 Å². The van der Waals surface area contributed by atoms with Gasteiger partial charge < -0.3 is 19.9 Å². The summed E-state index contributed by atoms with van der Waals surface area (Å²) in [5, 5.41) is 7.30. The number of pyridine rings is 2. The molecule has 1 amide bonds. The van der Waals surface area contributed by atoms with Gasteiger partial charge in [0.05, 0.1) is 24.7 Å². The molecule has 0 atom stereocenters. The Kier molecular flexibility index (Phi) is 7.45. The number of nitrogens with zero attached hydrogens (tertiary/aromatic N) is 3. The summed E-state index contributed by atoms with van der Waals surface area (Å²) in [7, 11) is 1.36. The molecule has 34 heavy (non-hydrogen) atoms. The fraction of sp³-hybridized carbons (Fsp3) is 0.462. The van der Waals surface area contributed by atoms with Crippen LogP contribution in [0.3, 0.4) is 0 Å². The summed E-state index contributed by atoms with van der Waals surface area (Å²) in [4.78, 5) is 35.0. The second-order valence-electron chi connectivity index (χ2n) is 8.81. The number of carbonyl (C=O) groups is 2. The first kappa shape index (κ1) is 23.7. The number of nitrogens with one attached hydrogen (secondary N) is 2. The molecule has 8 nitrogen and oxygen atoms in total. The Morgan fingerprint density at radius 2 is 2.00 bits per heavy atom. The zero-order valence-electron chi connectivity index (χ0n) is 20.1. The number of methoxy groups -OCH3 is 1. The van der Waals surface area contributed by atoms with Crippen molar-refractivity contribution in [3.63, 3.8) is 0 Å². The molecule has 8 heteroatoms. The maximum absolute atomic E-state index is 13.0. The number of anilines is 2. The Labute approximate surface area is 200 Å². The highest BCUT2D eigenvalue weighted by molar-refractivity contribution is 6.11. The molecule has 3 aromatic rings. The lowest BCUT2D eigenvalue weighted by Gasteiger charge is -2.24. The number of carbonyl (C=O) groups excluding carboxylic acids is 2. The SMILES string of the molecule is CCC(CC)Nc1cnc2c(c1)c(NC(=O)C1CCC1)c(C(=O)OC)n2CCc1ccccn1. The first-order valence-corrected chi connectivity index (χ1v) is 12.1. The van der Waals surface area contributed by atoms with Crippen LogP contribution < -0.4 is 10.6 Å². The number of aryl methyl sites for hydroxylation is 2. The van der Waals surface area contributed by atoms with Gasteiger partial charge in [-0.2, -0.15) is 0 Å². The number of amides is 1. The molecular weight excluding hydrogens is 430 g/mol. The fourth-order valence-corrected chi connectivity index (χ4v) is 4.35. The van der Waals surface area contributed by atoms with Crippen LogP contribution in [0.2, 0.25) is 0 Å². The van der Waals surface area contributed by atoms with Gasteiger partial charge in [0.2, 0.25) is 5.91 Å². The van der Waals surface area contributed by atoms with Crippen LogP contribution in [-0.2, 0) is 22.5 Å². The largest absolute Gasteiger partial charge is 0.464 e. The minimum Gasteiger partial charge on any atom is -0.464 e. The summed E-state index contributed by atoms with van der Waals surface area (Å²) in [6.45, 7) is 4.76. The van der Waals surface area contributed by atoms with Gasteiger partial charge in [0.25, 0.3) is 0 Å². The van der Waals surface area contributed by atoms with Crippen molar-refractivity contribution in [2.24, 2.45) is 5.92 Å². The van der Waals surface area contributed by atoms with Gasteiger partial charge in [0.1, 0.15) is 5.65 Å². The van der Waals surface area contributed by atoms with E-state index in [4.69, 9.17) is 9.72 Å². The Morgan fingerprint density at radius 1 is 1.21 bits per heavy atom. The van der Waals surface area contributed by atoms with Crippen LogP contribution in [-0.4, -0.2) is 39.6 Å². The van der Waals surface area contributed by atoms with Gasteiger partial charge in [-0.3, -0.25) is 9.78 Å². The molecule has 0 aliphatic heterocycles. The van der Waals surface area contributed by atoms with Crippen LogP contribution in [0.1, 0.15) is 62.1 Å². The van der Waals surface area contributed by atoms with Crippen LogP contribution in [0, 0.1) is 5.92 Å². The molecule has 3 heterocycles. The molecule has 180 valence electrons. The van der Waals surface area contributed by atoms with E-state index in [0.717, 1.165) is 48.9 Å². The predicted molar refractivity (Wildman–Crippen MR) is 133 cm³/mol. The number of ether oxygens (including phenoxy) is 1. The van der Waals surface area contributed by atoms with Crippen molar-refractivity contribution in [1.82, 2.24) is 14.5 Å². The number of fused-ring (bicyclic) bond motifs is 1. The number of rotatable bonds is 10. The minimum absolute atomic E-state index is 0.0174. The fourth-order valence-electron chi connectivity index (χ4n) is 4.35. The average Bonchev–Trinajstić information content (AvgIpc) is 3.12. The molecule has 0 unspecified atom stereocenters. The molecule has 1 aliphatic carbocycles. The number of hydrogen-bond donors (Lipinski definition) is 2. The number of aromatic nitrogens is 3. The normalized spacial score (nSPS) is 13.6. The van der Waals surface area contributed by atoms with Gasteiger partial charge in [0, 0.05) is 42.2 Å². The summed E-state index contributed by atoms with van der Waals surface area (Å²) in [5.74, 6) is -0.577. The summed E-state index contributed by atoms with van der Waals surface area (Å²) >= 11 is 0. The summed E-state index contributed by atoms with van der Waals surface area (Å²) in [6.07, 6.45) is 8.92. The van der Waals surface area contributed by atoms with Gasteiger partial charge in [-0.1, -0.05) is 26.3 Å². The van der Waals surface area contributed by atoms with E-state index in [1.807, 2.05) is 28.8 Å². The molecular formula is C26H33N5O3. The third kappa shape index (κ3) is 4.90. The third-order valence-corrected chi connectivity index (χ3v) is 6.68. The molecule has 4 rings (SSSR count). The van der Waals surface area contributed by atoms with E-state index >= 15 is 0 Å². The standard InChI is InChI=1S/C26H33N5O3/c1-4-18(5-2)29-20-15-21-22(30-25(32)17-9-8-10-17)23(26(33)34-3)31(24(21)28-16-20)14-12-19-11-6-7-13-27-19/h6-7,11,13,15-18,29H,4-5,8-10,12,14H2,1-3H3,(H,30,32). The topological polar surface area (TPSA) is 98.1 Å². The van der Waals surface area contributed by atoms with E-state index in [0.29, 0.717) is 36.0 Å². The van der Waals surface area contributed by atoms with Gasteiger partial charge in [-0.15, -0.1) is 0 Å². The minimum atomic E-state index is -0.502. The zero-order chi connectivity index (χ0) is 24.1. The average molecular weight is 464 g/mol. The molecule has 1 fully saturated rings. The third-order valence-electron chi connectivity index (χ3n) is 6.68. The molecule has 1 saturated carbocycles. The quantitative estimate of drug-likeness (QED) is 0.419. The highest BCUT2D eigenvalue weighted by Gasteiger charge is 2.30. The molecule has 3 aromatic heterocycles. The van der Waals surface area contributed by atoms with Crippen LogP contribution in [0.4, 0.5) is 11.4 Å². The zero-order valence-corrected chi connectivity index (χ0v) is 20.1. The first-order valence-electron chi connectivity index (χ1n) is 12.1. The van der Waals surface area contributed by atoms with Crippen molar-refractivity contribution in [1.29, 1.82) is 0 Å². The lowest BCUT2D eigenvalue weighted by molar-refractivity contribution is -0.122. The van der Waals surface area contributed by atoms with Gasteiger partial charge in [0.15, 0.2) is 5.69 Å². The Bertz CT molecular complexity index is 1150. The summed E-state index contributed by atoms with van der Waals surface area (Å²) in [5.41, 5.74) is 3.19. The van der Waals surface area contributed by atoms with Crippen LogP contribution >= 0.6 is 0 Å². The van der Waals surface area contributed by atoms with Crippen LogP contribution in [0.15, 0.2) is 36.7 Å². The van der Waals surface area contributed by atoms with Crippen molar-refractivity contribution >= 4 is 34.3 Å². The number of hydrogen-bond acceptors (Lipinski definition) is 6. The molecule has 0 bridgehead atoms. The van der Waals surface area contributed by atoms with Gasteiger partial charge >= 0.3 is 5.97 Å². The molecule has 1 aliphatic rings. The lowest BCUT2D eigenvalue weighted by atomic mass is 9.85. The van der Waals surface area contributed by atoms with Crippen LogP contribution in [0.5, 0.6) is 0 Å². The van der Waals surface area contributed by atoms with E-state index in [9.17, 15) is 9.59 Å². The Morgan fingerprint density at radius 3 is 2.62 bits per heavy atom. The van der Waals surface area contributed by atoms with E-state index in [-0.39, 0.29) is 11.8 Å². The second-order valence-corrected chi connectivity index (χ2v) is 8.81. The second kappa shape index (κ2) is 10.7.